The molecule has 2 aromatic rings. The van der Waals surface area contributed by atoms with Gasteiger partial charge in [-0.1, -0.05) is 69.3 Å². The summed E-state index contributed by atoms with van der Waals surface area (Å²) >= 11 is 1.33. The second kappa shape index (κ2) is 9.07. The van der Waals surface area contributed by atoms with Crippen molar-refractivity contribution in [2.75, 3.05) is 24.7 Å². The lowest BCUT2D eigenvalue weighted by atomic mass is 10.1. The first-order valence-electron chi connectivity index (χ1n) is 8.96. The van der Waals surface area contributed by atoms with E-state index in [1.807, 2.05) is 36.1 Å². The van der Waals surface area contributed by atoms with Crippen LogP contribution >= 0.6 is 11.8 Å². The van der Waals surface area contributed by atoms with E-state index in [1.165, 1.54) is 22.0 Å². The van der Waals surface area contributed by atoms with Gasteiger partial charge in [0.2, 0.25) is 11.1 Å². The number of thioether (sulfide) groups is 1. The summed E-state index contributed by atoms with van der Waals surface area (Å²) in [5.41, 5.74) is 2.08. The number of rotatable bonds is 8. The molecule has 0 saturated carbocycles. The average molecular weight is 376 g/mol. The molecule has 0 fully saturated rings. The van der Waals surface area contributed by atoms with Crippen LogP contribution in [0.15, 0.2) is 29.4 Å². The van der Waals surface area contributed by atoms with Crippen LogP contribution in [0.1, 0.15) is 33.3 Å². The second-order valence-corrected chi connectivity index (χ2v) is 8.36. The Kier molecular flexibility index (Phi) is 7.08. The number of aromatic nitrogens is 3. The first-order chi connectivity index (χ1) is 12.3. The fourth-order valence-corrected chi connectivity index (χ4v) is 3.41. The summed E-state index contributed by atoms with van der Waals surface area (Å²) in [6, 6.07) is 7.96. The average Bonchev–Trinajstić information content (AvgIpc) is 2.93. The number of benzene rings is 1. The summed E-state index contributed by atoms with van der Waals surface area (Å²) in [6.07, 6.45) is 0. The van der Waals surface area contributed by atoms with Gasteiger partial charge in [0.15, 0.2) is 5.82 Å². The van der Waals surface area contributed by atoms with E-state index < -0.39 is 0 Å². The fraction of sp³-hybridized carbons (Fsp3) is 0.526. The molecule has 0 radical (unpaired) electrons. The number of nitrogens with two attached hydrogens (primary N) is 1. The Hall–Kier alpha value is -2.02. The van der Waals surface area contributed by atoms with Gasteiger partial charge in [0.05, 0.1) is 5.75 Å². The van der Waals surface area contributed by atoms with Crippen molar-refractivity contribution in [1.29, 1.82) is 0 Å². The van der Waals surface area contributed by atoms with Crippen molar-refractivity contribution in [2.45, 2.75) is 39.8 Å². The van der Waals surface area contributed by atoms with Crippen molar-refractivity contribution in [2.24, 2.45) is 11.8 Å². The lowest BCUT2D eigenvalue weighted by Gasteiger charge is -2.26. The highest BCUT2D eigenvalue weighted by Crippen LogP contribution is 2.22. The Balaban J connectivity index is 2.04. The normalized spacial score (nSPS) is 11.3. The molecule has 1 aromatic carbocycles. The van der Waals surface area contributed by atoms with Crippen LogP contribution in [-0.4, -0.2) is 44.5 Å². The lowest BCUT2D eigenvalue weighted by molar-refractivity contribution is -0.129. The summed E-state index contributed by atoms with van der Waals surface area (Å²) in [7, 11) is 0. The van der Waals surface area contributed by atoms with Gasteiger partial charge >= 0.3 is 0 Å². The minimum absolute atomic E-state index is 0.109. The number of carbonyl (C=O) groups excluding carboxylic acids is 1. The zero-order chi connectivity index (χ0) is 19.3. The number of amides is 1. The molecule has 0 saturated heterocycles. The highest BCUT2D eigenvalue weighted by atomic mass is 32.2. The van der Waals surface area contributed by atoms with Gasteiger partial charge in [0.1, 0.15) is 0 Å². The molecule has 0 aliphatic heterocycles. The third-order valence-corrected chi connectivity index (χ3v) is 4.75. The molecule has 2 rings (SSSR count). The van der Waals surface area contributed by atoms with E-state index in [0.29, 0.717) is 28.6 Å². The van der Waals surface area contributed by atoms with Crippen molar-refractivity contribution in [3.8, 4) is 11.4 Å². The smallest absolute Gasteiger partial charge is 0.233 e. The van der Waals surface area contributed by atoms with Gasteiger partial charge in [-0.05, 0) is 18.8 Å². The van der Waals surface area contributed by atoms with E-state index >= 15 is 0 Å². The molecule has 1 amide bonds. The zero-order valence-corrected chi connectivity index (χ0v) is 17.1. The van der Waals surface area contributed by atoms with Crippen LogP contribution in [0.5, 0.6) is 0 Å². The van der Waals surface area contributed by atoms with Crippen molar-refractivity contribution in [3.63, 3.8) is 0 Å². The van der Waals surface area contributed by atoms with E-state index in [1.54, 1.807) is 0 Å². The topological polar surface area (TPSA) is 77.0 Å². The number of nitrogen functional groups attached to an aromatic ring is 1. The SMILES string of the molecule is Cc1ccc(-c2nnc(SCC(=O)N(CC(C)C)CC(C)C)n2N)cc1. The first kappa shape index (κ1) is 20.3. The number of hydrogen-bond donors (Lipinski definition) is 1. The Morgan fingerprint density at radius 3 is 2.23 bits per heavy atom. The lowest BCUT2D eigenvalue weighted by Crippen LogP contribution is -2.38. The molecule has 1 aromatic heterocycles. The maximum atomic E-state index is 12.6. The monoisotopic (exact) mass is 375 g/mol. The van der Waals surface area contributed by atoms with Gasteiger partial charge in [-0.15, -0.1) is 10.2 Å². The summed E-state index contributed by atoms with van der Waals surface area (Å²) in [6.45, 7) is 12.1. The standard InChI is InChI=1S/C19H29N5OS/c1-13(2)10-23(11-14(3)4)17(25)12-26-19-22-21-18(24(19)20)16-8-6-15(5)7-9-16/h6-9,13-14H,10-12,20H2,1-5H3. The predicted octanol–water partition coefficient (Wildman–Crippen LogP) is 3.20. The fourth-order valence-electron chi connectivity index (χ4n) is 2.65. The molecular weight excluding hydrogens is 346 g/mol. The van der Waals surface area contributed by atoms with Crippen molar-refractivity contribution >= 4 is 17.7 Å². The third-order valence-electron chi connectivity index (χ3n) is 3.82. The minimum Gasteiger partial charge on any atom is -0.341 e. The molecule has 26 heavy (non-hydrogen) atoms. The maximum absolute atomic E-state index is 12.6. The van der Waals surface area contributed by atoms with Crippen molar-refractivity contribution in [3.05, 3.63) is 29.8 Å². The number of carbonyl (C=O) groups is 1. The molecule has 0 aliphatic rings. The molecule has 0 atom stereocenters. The maximum Gasteiger partial charge on any atom is 0.233 e. The molecular formula is C19H29N5OS. The number of hydrogen-bond acceptors (Lipinski definition) is 5. The summed E-state index contributed by atoms with van der Waals surface area (Å²) in [5, 5.41) is 8.87. The molecule has 0 aliphatic carbocycles. The highest BCUT2D eigenvalue weighted by molar-refractivity contribution is 7.99. The minimum atomic E-state index is 0.109. The quantitative estimate of drug-likeness (QED) is 0.566. The summed E-state index contributed by atoms with van der Waals surface area (Å²) < 4.78 is 1.46. The van der Waals surface area contributed by atoms with Crippen LogP contribution in [0.2, 0.25) is 0 Å². The second-order valence-electron chi connectivity index (χ2n) is 7.42. The van der Waals surface area contributed by atoms with Crippen LogP contribution in [0.25, 0.3) is 11.4 Å². The summed E-state index contributed by atoms with van der Waals surface area (Å²) in [4.78, 5) is 14.6. The Labute approximate surface area is 160 Å². The van der Waals surface area contributed by atoms with Crippen LogP contribution < -0.4 is 5.84 Å². The number of nitrogens with zero attached hydrogens (tertiary/aromatic N) is 4. The van der Waals surface area contributed by atoms with E-state index in [0.717, 1.165) is 18.7 Å². The molecule has 0 unspecified atom stereocenters. The Morgan fingerprint density at radius 1 is 1.12 bits per heavy atom. The zero-order valence-electron chi connectivity index (χ0n) is 16.3. The number of aryl methyl sites for hydroxylation is 1. The van der Waals surface area contributed by atoms with Gasteiger partial charge < -0.3 is 10.7 Å². The van der Waals surface area contributed by atoms with Gasteiger partial charge in [-0.25, -0.2) is 4.68 Å². The van der Waals surface area contributed by atoms with E-state index in [4.69, 9.17) is 5.84 Å². The van der Waals surface area contributed by atoms with Crippen LogP contribution in [0, 0.1) is 18.8 Å². The van der Waals surface area contributed by atoms with E-state index in [2.05, 4.69) is 37.9 Å². The molecule has 7 heteroatoms. The highest BCUT2D eigenvalue weighted by Gasteiger charge is 2.19. The largest absolute Gasteiger partial charge is 0.341 e. The van der Waals surface area contributed by atoms with Crippen molar-refractivity contribution in [1.82, 2.24) is 19.8 Å². The van der Waals surface area contributed by atoms with Crippen LogP contribution in [0.4, 0.5) is 0 Å². The van der Waals surface area contributed by atoms with E-state index in [9.17, 15) is 4.79 Å². The molecule has 2 N–H and O–H groups in total. The molecule has 142 valence electrons. The first-order valence-corrected chi connectivity index (χ1v) is 9.94. The molecule has 6 nitrogen and oxygen atoms in total. The van der Waals surface area contributed by atoms with Gasteiger partial charge in [0, 0.05) is 18.7 Å². The Morgan fingerprint density at radius 2 is 1.69 bits per heavy atom. The van der Waals surface area contributed by atoms with Crippen molar-refractivity contribution < 1.29 is 4.79 Å². The van der Waals surface area contributed by atoms with E-state index in [-0.39, 0.29) is 5.91 Å². The van der Waals surface area contributed by atoms with Crippen LogP contribution in [0.3, 0.4) is 0 Å². The summed E-state index contributed by atoms with van der Waals surface area (Å²) in [5.74, 6) is 8.04. The van der Waals surface area contributed by atoms with Gasteiger partial charge in [0.25, 0.3) is 0 Å². The Bertz CT molecular complexity index is 714. The molecule has 0 spiro atoms. The molecule has 0 bridgehead atoms. The van der Waals surface area contributed by atoms with Crippen LogP contribution in [-0.2, 0) is 4.79 Å². The van der Waals surface area contributed by atoms with Gasteiger partial charge in [-0.2, -0.15) is 0 Å². The predicted molar refractivity (Wildman–Crippen MR) is 107 cm³/mol. The third kappa shape index (κ3) is 5.49. The molecule has 1 heterocycles. The van der Waals surface area contributed by atoms with Gasteiger partial charge in [-0.3, -0.25) is 4.79 Å².